The van der Waals surface area contributed by atoms with Crippen LogP contribution in [0, 0.1) is 5.92 Å². The predicted molar refractivity (Wildman–Crippen MR) is 102 cm³/mol. The molecule has 0 heterocycles. The molecule has 148 valence electrons. The van der Waals surface area contributed by atoms with Gasteiger partial charge in [-0.15, -0.1) is 0 Å². The van der Waals surface area contributed by atoms with Crippen molar-refractivity contribution >= 4 is 23.4 Å². The molecule has 0 saturated heterocycles. The molecule has 1 aromatic carbocycles. The number of amides is 1. The Hall–Kier alpha value is -2.50. The molecule has 2 atom stereocenters. The van der Waals surface area contributed by atoms with Gasteiger partial charge in [-0.2, -0.15) is 0 Å². The molecule has 0 aliphatic carbocycles. The molecule has 0 spiro atoms. The van der Waals surface area contributed by atoms with Crippen molar-refractivity contribution < 1.29 is 23.9 Å². The number of nitrogens with one attached hydrogen (secondary N) is 1. The average Bonchev–Trinajstić information content (AvgIpc) is 2.63. The van der Waals surface area contributed by atoms with Gasteiger partial charge in [0.1, 0.15) is 11.6 Å². The highest BCUT2D eigenvalue weighted by Gasteiger charge is 2.31. The van der Waals surface area contributed by atoms with Crippen molar-refractivity contribution in [3.05, 3.63) is 35.9 Å². The minimum absolute atomic E-state index is 0.0136. The Balaban J connectivity index is 2.97. The van der Waals surface area contributed by atoms with Crippen molar-refractivity contribution in [2.24, 2.45) is 5.92 Å². The Morgan fingerprint density at radius 3 is 2.15 bits per heavy atom. The Bertz CT molecular complexity index is 641. The van der Waals surface area contributed by atoms with Crippen molar-refractivity contribution in [2.45, 2.75) is 58.9 Å². The molecule has 1 amide bonds. The number of rotatable bonds is 12. The minimum Gasteiger partial charge on any atom is -0.466 e. The first-order valence-corrected chi connectivity index (χ1v) is 9.36. The summed E-state index contributed by atoms with van der Waals surface area (Å²) in [6.07, 6.45) is 1.90. The number of hydrogen-bond donors (Lipinski definition) is 1. The summed E-state index contributed by atoms with van der Waals surface area (Å²) in [7, 11) is 0. The van der Waals surface area contributed by atoms with Gasteiger partial charge in [-0.1, -0.05) is 18.2 Å². The van der Waals surface area contributed by atoms with Crippen molar-refractivity contribution in [2.75, 3.05) is 6.61 Å². The van der Waals surface area contributed by atoms with E-state index in [2.05, 4.69) is 5.32 Å². The Labute approximate surface area is 160 Å². The SMILES string of the molecule is CCOC(=O)[C@@H](CCCC(C)=O)[C@@H](CCC(C)=O)NC(=O)c1ccccc1. The zero-order valence-electron chi connectivity index (χ0n) is 16.3. The fraction of sp³-hybridized carbons (Fsp3) is 0.524. The second kappa shape index (κ2) is 12.0. The summed E-state index contributed by atoms with van der Waals surface area (Å²) in [6.45, 7) is 4.93. The Kier molecular flexibility index (Phi) is 10.0. The Morgan fingerprint density at radius 2 is 1.59 bits per heavy atom. The van der Waals surface area contributed by atoms with Gasteiger partial charge >= 0.3 is 5.97 Å². The fourth-order valence-electron chi connectivity index (χ4n) is 2.88. The third-order valence-electron chi connectivity index (χ3n) is 4.28. The minimum atomic E-state index is -0.601. The summed E-state index contributed by atoms with van der Waals surface area (Å²) in [5, 5.41) is 2.89. The molecule has 1 aromatic rings. The predicted octanol–water partition coefficient (Wildman–Crippen LogP) is 3.09. The first kappa shape index (κ1) is 22.5. The molecule has 0 radical (unpaired) electrons. The number of carbonyl (C=O) groups is 4. The summed E-state index contributed by atoms with van der Waals surface area (Å²) in [6, 6.07) is 8.17. The molecule has 1 rings (SSSR count). The van der Waals surface area contributed by atoms with Gasteiger partial charge in [0.15, 0.2) is 0 Å². The van der Waals surface area contributed by atoms with Crippen molar-refractivity contribution in [3.63, 3.8) is 0 Å². The van der Waals surface area contributed by atoms with E-state index in [-0.39, 0.29) is 30.5 Å². The van der Waals surface area contributed by atoms with Gasteiger partial charge < -0.3 is 19.6 Å². The third-order valence-corrected chi connectivity index (χ3v) is 4.28. The van der Waals surface area contributed by atoms with E-state index in [0.717, 1.165) is 0 Å². The maximum atomic E-state index is 12.6. The molecule has 0 bridgehead atoms. The Morgan fingerprint density at radius 1 is 0.963 bits per heavy atom. The van der Waals surface area contributed by atoms with Gasteiger partial charge in [0.2, 0.25) is 0 Å². The van der Waals surface area contributed by atoms with E-state index in [1.807, 2.05) is 6.07 Å². The molecule has 0 unspecified atom stereocenters. The topological polar surface area (TPSA) is 89.5 Å². The van der Waals surface area contributed by atoms with Crippen molar-refractivity contribution in [1.29, 1.82) is 0 Å². The molecule has 1 N–H and O–H groups in total. The number of ketones is 2. The molecule has 27 heavy (non-hydrogen) atoms. The fourth-order valence-corrected chi connectivity index (χ4v) is 2.88. The van der Waals surface area contributed by atoms with Gasteiger partial charge in [0.25, 0.3) is 5.91 Å². The molecular formula is C21H29NO5. The van der Waals surface area contributed by atoms with Crippen molar-refractivity contribution in [3.8, 4) is 0 Å². The maximum absolute atomic E-state index is 12.6. The van der Waals surface area contributed by atoms with Gasteiger partial charge in [-0.05, 0) is 52.2 Å². The third kappa shape index (κ3) is 8.62. The zero-order valence-corrected chi connectivity index (χ0v) is 16.3. The summed E-state index contributed by atoms with van der Waals surface area (Å²) in [5.41, 5.74) is 0.483. The van der Waals surface area contributed by atoms with E-state index < -0.39 is 17.9 Å². The number of esters is 1. The normalized spacial score (nSPS) is 12.7. The maximum Gasteiger partial charge on any atom is 0.311 e. The van der Waals surface area contributed by atoms with Crippen LogP contribution in [0.4, 0.5) is 0 Å². The number of hydrogen-bond acceptors (Lipinski definition) is 5. The molecule has 0 fully saturated rings. The molecule has 0 aliphatic heterocycles. The number of ether oxygens (including phenoxy) is 1. The summed E-state index contributed by atoms with van der Waals surface area (Å²) in [4.78, 5) is 47.7. The van der Waals surface area contributed by atoms with Gasteiger partial charge in [0, 0.05) is 24.4 Å². The van der Waals surface area contributed by atoms with Gasteiger partial charge in [-0.3, -0.25) is 9.59 Å². The molecule has 6 heteroatoms. The first-order chi connectivity index (χ1) is 12.8. The van der Waals surface area contributed by atoms with Crippen LogP contribution in [0.1, 0.15) is 63.2 Å². The number of benzene rings is 1. The highest BCUT2D eigenvalue weighted by molar-refractivity contribution is 5.94. The van der Waals surface area contributed by atoms with Crippen LogP contribution >= 0.6 is 0 Å². The van der Waals surface area contributed by atoms with E-state index in [0.29, 0.717) is 31.2 Å². The average molecular weight is 375 g/mol. The van der Waals surface area contributed by atoms with Crippen LogP contribution in [0.3, 0.4) is 0 Å². The van der Waals surface area contributed by atoms with Crippen LogP contribution in [-0.4, -0.2) is 36.1 Å². The molecule has 0 aromatic heterocycles. The van der Waals surface area contributed by atoms with E-state index in [1.54, 1.807) is 31.2 Å². The monoisotopic (exact) mass is 375 g/mol. The van der Waals surface area contributed by atoms with Gasteiger partial charge in [-0.25, -0.2) is 0 Å². The van der Waals surface area contributed by atoms with E-state index in [4.69, 9.17) is 4.74 Å². The second-order valence-electron chi connectivity index (χ2n) is 6.64. The standard InChI is InChI=1S/C21H29NO5/c1-4-27-21(26)18(12-8-9-15(2)23)19(14-13-16(3)24)22-20(25)17-10-6-5-7-11-17/h5-7,10-11,18-19H,4,8-9,12-14H2,1-3H3,(H,22,25)/t18-,19+/m0/s1. The van der Waals surface area contributed by atoms with Crippen molar-refractivity contribution in [1.82, 2.24) is 5.32 Å². The quantitative estimate of drug-likeness (QED) is 0.567. The second-order valence-corrected chi connectivity index (χ2v) is 6.64. The lowest BCUT2D eigenvalue weighted by molar-refractivity contribution is -0.149. The largest absolute Gasteiger partial charge is 0.466 e. The lowest BCUT2D eigenvalue weighted by Crippen LogP contribution is -2.44. The molecular weight excluding hydrogens is 346 g/mol. The zero-order chi connectivity index (χ0) is 20.2. The first-order valence-electron chi connectivity index (χ1n) is 9.36. The number of carbonyl (C=O) groups excluding carboxylic acids is 4. The van der Waals surface area contributed by atoms with E-state index in [9.17, 15) is 19.2 Å². The highest BCUT2D eigenvalue weighted by atomic mass is 16.5. The van der Waals surface area contributed by atoms with Gasteiger partial charge in [0.05, 0.1) is 12.5 Å². The summed E-state index contributed by atoms with van der Waals surface area (Å²) < 4.78 is 5.18. The molecule has 0 saturated carbocycles. The van der Waals surface area contributed by atoms with Crippen LogP contribution in [0.2, 0.25) is 0 Å². The van der Waals surface area contributed by atoms with Crippen LogP contribution in [0.25, 0.3) is 0 Å². The van der Waals surface area contributed by atoms with Crippen LogP contribution < -0.4 is 5.32 Å². The van der Waals surface area contributed by atoms with E-state index >= 15 is 0 Å². The van der Waals surface area contributed by atoms with Crippen LogP contribution in [0.5, 0.6) is 0 Å². The molecule has 6 nitrogen and oxygen atoms in total. The number of Topliss-reactive ketones (excluding diaryl/α,β-unsaturated/α-hetero) is 2. The lowest BCUT2D eigenvalue weighted by Gasteiger charge is -2.26. The highest BCUT2D eigenvalue weighted by Crippen LogP contribution is 2.20. The lowest BCUT2D eigenvalue weighted by atomic mass is 9.89. The summed E-state index contributed by atoms with van der Waals surface area (Å²) in [5.74, 6) is -1.28. The van der Waals surface area contributed by atoms with Crippen LogP contribution in [0.15, 0.2) is 30.3 Å². The van der Waals surface area contributed by atoms with E-state index in [1.165, 1.54) is 13.8 Å². The van der Waals surface area contributed by atoms with Crippen LogP contribution in [-0.2, 0) is 19.1 Å². The molecule has 0 aliphatic rings. The smallest absolute Gasteiger partial charge is 0.311 e. The summed E-state index contributed by atoms with van der Waals surface area (Å²) >= 11 is 0.